The summed E-state index contributed by atoms with van der Waals surface area (Å²) >= 11 is 26.0. The van der Waals surface area contributed by atoms with Gasteiger partial charge in [-0.3, -0.25) is 24.0 Å². The molecule has 7 aliphatic rings. The van der Waals surface area contributed by atoms with Crippen molar-refractivity contribution in [1.82, 2.24) is 59.0 Å². The van der Waals surface area contributed by atoms with Crippen molar-refractivity contribution < 1.29 is 66.9 Å². The predicted molar refractivity (Wildman–Crippen MR) is 589 cm³/mol. The number of rotatable bonds is 9. The van der Waals surface area contributed by atoms with E-state index in [-0.39, 0.29) is 104 Å². The summed E-state index contributed by atoms with van der Waals surface area (Å²) in [5.74, 6) is 2.68. The number of fused-ring (bicyclic) bond motifs is 13. The van der Waals surface area contributed by atoms with Gasteiger partial charge in [0.05, 0.1) is 95.2 Å². The number of methoxy groups -OCH3 is 3. The lowest BCUT2D eigenvalue weighted by molar-refractivity contribution is -0.168. The number of benzene rings is 7. The first kappa shape index (κ1) is 107. The molecular weight excluding hydrogens is 2280 g/mol. The van der Waals surface area contributed by atoms with Crippen molar-refractivity contribution in [3.8, 4) is 34.5 Å². The molecule has 0 spiro atoms. The number of nitrogen functional groups attached to an aromatic ring is 4. The van der Waals surface area contributed by atoms with E-state index >= 15 is 0 Å². The fourth-order valence-corrected chi connectivity index (χ4v) is 20.4. The summed E-state index contributed by atoms with van der Waals surface area (Å²) in [5.41, 5.74) is 31.5. The predicted octanol–water partition coefficient (Wildman–Crippen LogP) is 22.7. The van der Waals surface area contributed by atoms with Crippen LogP contribution in [0.5, 0.6) is 34.5 Å². The zero-order chi connectivity index (χ0) is 102. The van der Waals surface area contributed by atoms with Gasteiger partial charge in [-0.1, -0.05) is 184 Å². The number of carbonyl (C=O) groups excluding carboxylic acids is 4. The van der Waals surface area contributed by atoms with E-state index in [0.29, 0.717) is 74.2 Å². The Labute approximate surface area is 893 Å². The van der Waals surface area contributed by atoms with Gasteiger partial charge >= 0.3 is 0 Å². The topological polar surface area (TPSA) is 470 Å². The van der Waals surface area contributed by atoms with Gasteiger partial charge in [0.1, 0.15) is 47.8 Å². The third-order valence-corrected chi connectivity index (χ3v) is 28.4. The quantitative estimate of drug-likeness (QED) is 0.0368. The third-order valence-electron chi connectivity index (χ3n) is 25.1. The molecule has 2 saturated heterocycles. The summed E-state index contributed by atoms with van der Waals surface area (Å²) in [6.45, 7) is 16.4. The standard InChI is InChI=1S/C28H30N6O4.C17H22N4O2.C11H7BrN2O2.C10H7BrClNO.C10H9BrN2O.C10H8BrNO2.C9H7BrN2O.C8H4BrNO2.2CH4/c1-27(2)37-22-19(34-9-7-17-24(29)30-14-31-26(17)34)12-28(3,23(22)38-27)8-6-15-4-5-16-11-20-25(32-18(16)10-15)33-21(35)13-36-20;1-5-17(4)8-11(12-13(17)23-16(2,3)22-12)21-7-6-10-14(18)19-9-20-15(10)21;12-7-2-1-6-3-9-11(13-8(6)4-7)14-10(15)5-16-9;2*1-14-9-4-6-2-3-7(11)5-8(6)13-10(9)12;1-14-9-4-6-2-3-7(11)5-8(6)12-10(9)13;10-6-2-1-5-3-8(13)9(11)12-7(5)4-6;9-4-1-2-5-6(3-4)10-8(12)7(5)11;;/h4-5,7,9-11,14,19,22-23H,6,8,12-13H2,1-3H3,(H2,29,30,31)(H,32,33,35);5-7,9,11-13H,1,8H2,2-4H3,(H2,18,19,20);1-4H,5H2,(H,13,14,15);2-5H,1H3;2-5H,1H3,(H2,12,13);2-5H,1H3,(H,12,13);1-4,13H,(H2,11,12);1-3H,(H,10,11,12);2*1H4/t19-,22+,23+,28+;11-,12+,13+,17+;;;;;;;;/m11......../s1. The number of hydrogen-bond donors (Lipinski definition) is 9. The van der Waals surface area contributed by atoms with Crippen LogP contribution in [0.2, 0.25) is 5.15 Å². The highest BCUT2D eigenvalue weighted by molar-refractivity contribution is 9.11. The Bertz CT molecular complexity index is 7930. The van der Waals surface area contributed by atoms with Crippen molar-refractivity contribution in [3.05, 3.63) is 267 Å². The number of hydrogen-bond acceptors (Lipinski definition) is 28. The second-order valence-electron chi connectivity index (χ2n) is 35.9. The number of ketones is 1. The van der Waals surface area contributed by atoms with E-state index < -0.39 is 23.3 Å². The van der Waals surface area contributed by atoms with Gasteiger partial charge in [0.2, 0.25) is 0 Å². The molecule has 2 aliphatic carbocycles. The van der Waals surface area contributed by atoms with Crippen molar-refractivity contribution in [2.75, 3.05) is 73.4 Å². The number of Topliss-reactive ketones (excluding diaryl/α,β-unsaturated/α-hetero) is 1. The van der Waals surface area contributed by atoms with Crippen LogP contribution in [-0.4, -0.2) is 158 Å². The SMILES string of the molecule is C.C.C=C[C@@]1(C)C[C@@H](n2ccc3c(N)ncnc32)[C@@H]2OC(C)(C)O[C@@H]21.CC1(C)O[C@H]2[C@H](n3ccc4c(N)ncnc43)C[C@](C)(CCc3ccc4cc5c(nc4c3)NC(=O)CO5)[C@H]2O1.COc1cc2ccc(Br)cc2[nH]c1=O.COc1cc2ccc(Br)cc2nc1Cl.COc1cc2ccc(Br)cc2nc1N.Nc1nc2cc(Br)ccc2cc1O.O=C1COc2cc3ccc(Br)cc3nc2N1.O=C1Nc2cc(Br)ccc2C1=O. The Morgan fingerprint density at radius 2 is 0.918 bits per heavy atom. The van der Waals surface area contributed by atoms with E-state index in [1.807, 2.05) is 174 Å². The van der Waals surface area contributed by atoms with Crippen LogP contribution in [0.1, 0.15) is 104 Å². The van der Waals surface area contributed by atoms with Crippen molar-refractivity contribution in [2.24, 2.45) is 10.8 Å². The van der Waals surface area contributed by atoms with Crippen LogP contribution in [0.25, 0.3) is 87.5 Å². The number of ether oxygens (including phenoxy) is 9. The minimum Gasteiger partial charge on any atom is -0.504 e. The van der Waals surface area contributed by atoms with E-state index in [2.05, 4.69) is 209 Å². The number of halogens is 7. The number of carbonyl (C=O) groups is 4. The molecule has 4 fully saturated rings. The maximum atomic E-state index is 11.7. The Balaban J connectivity index is 0.000000130. The van der Waals surface area contributed by atoms with Gasteiger partial charge in [-0.25, -0.2) is 44.9 Å². The summed E-state index contributed by atoms with van der Waals surface area (Å²) < 4.78 is 61.3. The highest BCUT2D eigenvalue weighted by Crippen LogP contribution is 2.57. The molecule has 24 rings (SSSR count). The molecule has 13 N–H and O–H groups in total. The molecule has 34 nitrogen and oxygen atoms in total. The molecule has 3 amide bonds. The number of aromatic nitrogens is 12. The number of aromatic hydroxyl groups is 1. The number of nitrogens with zero attached hydrogens (tertiary/aromatic N) is 11. The zero-order valence-electron chi connectivity index (χ0n) is 78.6. The molecule has 8 atom stereocenters. The van der Waals surface area contributed by atoms with Crippen LogP contribution in [0, 0.1) is 10.8 Å². The minimum atomic E-state index is -0.662. The molecule has 15 heterocycles. The fourth-order valence-electron chi connectivity index (χ4n) is 18.1. The highest BCUT2D eigenvalue weighted by Gasteiger charge is 2.61. The lowest BCUT2D eigenvalue weighted by atomic mass is 9.80. The van der Waals surface area contributed by atoms with Crippen LogP contribution in [-0.2, 0) is 39.8 Å². The lowest BCUT2D eigenvalue weighted by Gasteiger charge is -2.32. The summed E-state index contributed by atoms with van der Waals surface area (Å²) in [6, 6.07) is 55.1. The number of nitrogens with two attached hydrogens (primary N) is 4. The van der Waals surface area contributed by atoms with Crippen molar-refractivity contribution in [1.29, 1.82) is 0 Å². The van der Waals surface area contributed by atoms with E-state index in [0.717, 1.165) is 140 Å². The third kappa shape index (κ3) is 23.4. The molecule has 7 aromatic carbocycles. The van der Waals surface area contributed by atoms with Crippen LogP contribution in [0.3, 0.4) is 0 Å². The number of aryl methyl sites for hydroxylation is 1. The maximum absolute atomic E-state index is 11.7. The highest BCUT2D eigenvalue weighted by atomic mass is 79.9. The van der Waals surface area contributed by atoms with Crippen LogP contribution < -0.4 is 68.1 Å². The van der Waals surface area contributed by atoms with Crippen molar-refractivity contribution >= 4 is 259 Å². The molecule has 146 heavy (non-hydrogen) atoms. The minimum absolute atomic E-state index is 0. The number of nitrogens with one attached hydrogen (secondary N) is 4. The summed E-state index contributed by atoms with van der Waals surface area (Å²) in [4.78, 5) is 97.6. The van der Waals surface area contributed by atoms with Crippen molar-refractivity contribution in [3.63, 3.8) is 0 Å². The number of aromatic amines is 1. The monoisotopic (exact) mass is 2380 g/mol. The zero-order valence-corrected chi connectivity index (χ0v) is 88.9. The number of anilines is 7. The van der Waals surface area contributed by atoms with Gasteiger partial charge in [-0.2, -0.15) is 0 Å². The van der Waals surface area contributed by atoms with Crippen molar-refractivity contribution in [2.45, 2.75) is 130 Å². The second-order valence-corrected chi connectivity index (χ2v) is 41.8. The normalized spacial score (nSPS) is 19.5. The second kappa shape index (κ2) is 44.3. The maximum Gasteiger partial charge on any atom is 0.296 e. The van der Waals surface area contributed by atoms with Gasteiger partial charge in [0.15, 0.2) is 87.7 Å². The molecule has 0 bridgehead atoms. The van der Waals surface area contributed by atoms with Crippen LogP contribution in [0.15, 0.2) is 245 Å². The smallest absolute Gasteiger partial charge is 0.296 e. The van der Waals surface area contributed by atoms with Gasteiger partial charge < -0.3 is 101 Å². The molecule has 41 heteroatoms. The van der Waals surface area contributed by atoms with E-state index in [1.165, 1.54) is 25.3 Å². The van der Waals surface area contributed by atoms with Crippen LogP contribution >= 0.6 is 107 Å². The molecule has 0 unspecified atom stereocenters. The first-order valence-electron chi connectivity index (χ1n) is 44.9. The Morgan fingerprint density at radius 3 is 1.45 bits per heavy atom. The Hall–Kier alpha value is -13.1. The average Bonchev–Trinajstić information content (AvgIpc) is 1.57. The molecule has 17 aromatic rings. The van der Waals surface area contributed by atoms with E-state index in [9.17, 15) is 29.1 Å². The summed E-state index contributed by atoms with van der Waals surface area (Å²) in [7, 11) is 4.64. The fraction of sp³-hybridized carbons (Fsp3) is 0.257. The van der Waals surface area contributed by atoms with Gasteiger partial charge in [0.25, 0.3) is 29.1 Å². The molecule has 756 valence electrons. The van der Waals surface area contributed by atoms with Gasteiger partial charge in [-0.05, 0) is 198 Å². The van der Waals surface area contributed by atoms with Gasteiger partial charge in [-0.15, -0.1) is 6.58 Å². The Kier molecular flexibility index (Phi) is 32.5. The van der Waals surface area contributed by atoms with E-state index in [4.69, 9.17) is 77.2 Å². The summed E-state index contributed by atoms with van der Waals surface area (Å²) in [5, 5.41) is 25.1. The molecule has 2 saturated carbocycles. The number of H-pyrrole nitrogens is 1. The van der Waals surface area contributed by atoms with E-state index in [1.54, 1.807) is 44.6 Å². The molecule has 10 aromatic heterocycles. The molecule has 5 aliphatic heterocycles. The first-order chi connectivity index (χ1) is 68.7. The molecule has 0 radical (unpaired) electrons. The van der Waals surface area contributed by atoms with Gasteiger partial charge in [0, 0.05) is 82.5 Å². The first-order valence-corrected chi connectivity index (χ1v) is 50.0. The molecular formula is C105H102Br6ClN19O15. The number of pyridine rings is 6. The average molecular weight is 2380 g/mol. The number of amides is 3. The Morgan fingerprint density at radius 1 is 0.479 bits per heavy atom. The largest absolute Gasteiger partial charge is 0.504 e. The van der Waals surface area contributed by atoms with Crippen LogP contribution in [0.4, 0.5) is 40.6 Å². The summed E-state index contributed by atoms with van der Waals surface area (Å²) in [6.07, 6.45) is 12.4. The lowest BCUT2D eigenvalue weighted by Crippen LogP contribution is -2.34.